The smallest absolute Gasteiger partial charge is 0.213 e. The Balaban J connectivity index is 2.77. The third-order valence-electron chi connectivity index (χ3n) is 1.85. The van der Waals surface area contributed by atoms with Crippen molar-refractivity contribution in [3.63, 3.8) is 0 Å². The van der Waals surface area contributed by atoms with Crippen molar-refractivity contribution in [1.29, 1.82) is 0 Å². The molecule has 0 aliphatic heterocycles. The molecule has 0 spiro atoms. The number of ether oxygens (including phenoxy) is 1. The Bertz CT molecular complexity index is 308. The van der Waals surface area contributed by atoms with E-state index in [1.54, 1.807) is 18.3 Å². The Morgan fingerprint density at radius 3 is 2.79 bits per heavy atom. The summed E-state index contributed by atoms with van der Waals surface area (Å²) in [5.74, 6) is 0.475. The van der Waals surface area contributed by atoms with Gasteiger partial charge in [-0.15, -0.1) is 0 Å². The van der Waals surface area contributed by atoms with Crippen LogP contribution in [-0.4, -0.2) is 17.4 Å². The fourth-order valence-electron chi connectivity index (χ4n) is 1.04. The van der Waals surface area contributed by atoms with E-state index >= 15 is 0 Å². The van der Waals surface area contributed by atoms with Gasteiger partial charge >= 0.3 is 0 Å². The highest BCUT2D eigenvalue weighted by Gasteiger charge is 2.10. The normalized spacial score (nSPS) is 12.2. The number of hydrogen-bond donors (Lipinski definition) is 1. The molecule has 1 unspecified atom stereocenters. The standard InChI is InChI=1S/C10H14N2O2/c1-3-14-9-5-4-8(6-12-9)10(11)7(2)13/h4-6,10H,3,11H2,1-2H3. The van der Waals surface area contributed by atoms with Gasteiger partial charge in [-0.2, -0.15) is 0 Å². The van der Waals surface area contributed by atoms with Crippen LogP contribution >= 0.6 is 0 Å². The second-order valence-electron chi connectivity index (χ2n) is 2.95. The molecule has 1 aromatic rings. The summed E-state index contributed by atoms with van der Waals surface area (Å²) >= 11 is 0. The van der Waals surface area contributed by atoms with Crippen LogP contribution in [0.15, 0.2) is 18.3 Å². The van der Waals surface area contributed by atoms with E-state index in [2.05, 4.69) is 4.98 Å². The molecule has 4 heteroatoms. The molecule has 14 heavy (non-hydrogen) atoms. The lowest BCUT2D eigenvalue weighted by atomic mass is 10.1. The Hall–Kier alpha value is -1.42. The molecule has 1 atom stereocenters. The number of hydrogen-bond acceptors (Lipinski definition) is 4. The van der Waals surface area contributed by atoms with Crippen molar-refractivity contribution < 1.29 is 9.53 Å². The van der Waals surface area contributed by atoms with Gasteiger partial charge in [-0.25, -0.2) is 4.98 Å². The molecule has 0 saturated heterocycles. The molecule has 0 radical (unpaired) electrons. The number of nitrogens with zero attached hydrogens (tertiary/aromatic N) is 1. The highest BCUT2D eigenvalue weighted by Crippen LogP contribution is 2.13. The number of aromatic nitrogens is 1. The van der Waals surface area contributed by atoms with Crippen LogP contribution in [0.2, 0.25) is 0 Å². The number of nitrogens with two attached hydrogens (primary N) is 1. The predicted molar refractivity (Wildman–Crippen MR) is 53.0 cm³/mol. The predicted octanol–water partition coefficient (Wildman–Crippen LogP) is 1.07. The fourth-order valence-corrected chi connectivity index (χ4v) is 1.04. The van der Waals surface area contributed by atoms with E-state index in [1.165, 1.54) is 6.92 Å². The van der Waals surface area contributed by atoms with Crippen LogP contribution in [-0.2, 0) is 4.79 Å². The van der Waals surface area contributed by atoms with Gasteiger partial charge < -0.3 is 10.5 Å². The van der Waals surface area contributed by atoms with Gasteiger partial charge in [0.2, 0.25) is 5.88 Å². The minimum Gasteiger partial charge on any atom is -0.478 e. The molecule has 76 valence electrons. The molecule has 4 nitrogen and oxygen atoms in total. The van der Waals surface area contributed by atoms with E-state index in [1.807, 2.05) is 6.92 Å². The number of carbonyl (C=O) groups is 1. The SMILES string of the molecule is CCOc1ccc(C(N)C(C)=O)cn1. The highest BCUT2D eigenvalue weighted by atomic mass is 16.5. The van der Waals surface area contributed by atoms with Gasteiger partial charge in [-0.3, -0.25) is 4.79 Å². The third kappa shape index (κ3) is 2.53. The molecule has 0 fully saturated rings. The number of pyridine rings is 1. The second-order valence-corrected chi connectivity index (χ2v) is 2.95. The molecule has 0 amide bonds. The fraction of sp³-hybridized carbons (Fsp3) is 0.400. The second kappa shape index (κ2) is 4.72. The van der Waals surface area contributed by atoms with E-state index in [0.29, 0.717) is 18.1 Å². The van der Waals surface area contributed by atoms with Crippen molar-refractivity contribution in [1.82, 2.24) is 4.98 Å². The Morgan fingerprint density at radius 2 is 2.36 bits per heavy atom. The molecule has 1 rings (SSSR count). The van der Waals surface area contributed by atoms with Crippen LogP contribution in [0.5, 0.6) is 5.88 Å². The van der Waals surface area contributed by atoms with Gasteiger partial charge in [0.1, 0.15) is 0 Å². The summed E-state index contributed by atoms with van der Waals surface area (Å²) in [6, 6.07) is 2.88. The van der Waals surface area contributed by atoms with Gasteiger partial charge in [0.15, 0.2) is 5.78 Å². The molecular formula is C10H14N2O2. The van der Waals surface area contributed by atoms with Crippen molar-refractivity contribution in [2.45, 2.75) is 19.9 Å². The maximum atomic E-state index is 11.0. The lowest BCUT2D eigenvalue weighted by Crippen LogP contribution is -2.18. The largest absolute Gasteiger partial charge is 0.478 e. The minimum atomic E-state index is -0.585. The van der Waals surface area contributed by atoms with Crippen LogP contribution in [0.1, 0.15) is 25.5 Å². The summed E-state index contributed by atoms with van der Waals surface area (Å²) in [5, 5.41) is 0. The summed E-state index contributed by atoms with van der Waals surface area (Å²) in [6.45, 7) is 3.92. The van der Waals surface area contributed by atoms with E-state index in [-0.39, 0.29) is 5.78 Å². The molecule has 0 bridgehead atoms. The topological polar surface area (TPSA) is 65.2 Å². The molecular weight excluding hydrogens is 180 g/mol. The van der Waals surface area contributed by atoms with Crippen LogP contribution in [0, 0.1) is 0 Å². The van der Waals surface area contributed by atoms with E-state index in [9.17, 15) is 4.79 Å². The third-order valence-corrected chi connectivity index (χ3v) is 1.85. The summed E-state index contributed by atoms with van der Waals surface area (Å²) in [4.78, 5) is 15.0. The van der Waals surface area contributed by atoms with Crippen molar-refractivity contribution in [3.8, 4) is 5.88 Å². The Labute approximate surface area is 83.1 Å². The molecule has 0 saturated carbocycles. The maximum absolute atomic E-state index is 11.0. The molecule has 0 aliphatic rings. The van der Waals surface area contributed by atoms with Gasteiger partial charge in [0.05, 0.1) is 12.6 Å². The van der Waals surface area contributed by atoms with Gasteiger partial charge in [0, 0.05) is 12.3 Å². The van der Waals surface area contributed by atoms with E-state index in [0.717, 1.165) is 0 Å². The van der Waals surface area contributed by atoms with Gasteiger partial charge in [-0.1, -0.05) is 6.07 Å². The van der Waals surface area contributed by atoms with Crippen molar-refractivity contribution in [2.75, 3.05) is 6.61 Å². The van der Waals surface area contributed by atoms with E-state index < -0.39 is 6.04 Å². The average Bonchev–Trinajstić information content (AvgIpc) is 2.18. The van der Waals surface area contributed by atoms with E-state index in [4.69, 9.17) is 10.5 Å². The number of rotatable bonds is 4. The zero-order valence-corrected chi connectivity index (χ0v) is 8.36. The number of carbonyl (C=O) groups excluding carboxylic acids is 1. The zero-order chi connectivity index (χ0) is 10.6. The molecule has 0 aliphatic carbocycles. The first-order valence-corrected chi connectivity index (χ1v) is 4.50. The minimum absolute atomic E-state index is 0.0732. The zero-order valence-electron chi connectivity index (χ0n) is 8.36. The summed E-state index contributed by atoms with van der Waals surface area (Å²) in [7, 11) is 0. The Morgan fingerprint density at radius 1 is 1.64 bits per heavy atom. The van der Waals surface area contributed by atoms with Gasteiger partial charge in [0.25, 0.3) is 0 Å². The summed E-state index contributed by atoms with van der Waals surface area (Å²) < 4.78 is 5.16. The first-order valence-electron chi connectivity index (χ1n) is 4.50. The van der Waals surface area contributed by atoms with Crippen molar-refractivity contribution >= 4 is 5.78 Å². The highest BCUT2D eigenvalue weighted by molar-refractivity contribution is 5.82. The Kier molecular flexibility index (Phi) is 3.59. The molecule has 0 aromatic carbocycles. The van der Waals surface area contributed by atoms with Gasteiger partial charge in [-0.05, 0) is 19.4 Å². The lowest BCUT2D eigenvalue weighted by molar-refractivity contribution is -0.118. The monoisotopic (exact) mass is 194 g/mol. The molecule has 1 heterocycles. The van der Waals surface area contributed by atoms with Crippen molar-refractivity contribution in [3.05, 3.63) is 23.9 Å². The first-order chi connectivity index (χ1) is 6.65. The number of Topliss-reactive ketones (excluding diaryl/α,β-unsaturated/α-hetero) is 1. The summed E-state index contributed by atoms with van der Waals surface area (Å²) in [6.07, 6.45) is 1.57. The maximum Gasteiger partial charge on any atom is 0.213 e. The van der Waals surface area contributed by atoms with Crippen LogP contribution in [0.4, 0.5) is 0 Å². The quantitative estimate of drug-likeness (QED) is 0.778. The van der Waals surface area contributed by atoms with Crippen LogP contribution < -0.4 is 10.5 Å². The average molecular weight is 194 g/mol. The van der Waals surface area contributed by atoms with Crippen LogP contribution in [0.3, 0.4) is 0 Å². The lowest BCUT2D eigenvalue weighted by Gasteiger charge is -2.08. The van der Waals surface area contributed by atoms with Crippen LogP contribution in [0.25, 0.3) is 0 Å². The number of ketones is 1. The molecule has 1 aromatic heterocycles. The molecule has 2 N–H and O–H groups in total. The van der Waals surface area contributed by atoms with Crippen molar-refractivity contribution in [2.24, 2.45) is 5.73 Å². The first kappa shape index (κ1) is 10.7. The summed E-state index contributed by atoms with van der Waals surface area (Å²) in [5.41, 5.74) is 6.34.